The van der Waals surface area contributed by atoms with Crippen LogP contribution in [0.25, 0.3) is 0 Å². The van der Waals surface area contributed by atoms with Gasteiger partial charge in [0.05, 0.1) is 5.56 Å². The zero-order valence-corrected chi connectivity index (χ0v) is 12.9. The Morgan fingerprint density at radius 2 is 1.77 bits per heavy atom. The molecule has 0 aromatic carbocycles. The van der Waals surface area contributed by atoms with Gasteiger partial charge in [0.1, 0.15) is 11.4 Å². The molecule has 0 bridgehead atoms. The van der Waals surface area contributed by atoms with Crippen LogP contribution in [0.2, 0.25) is 0 Å². The van der Waals surface area contributed by atoms with Crippen LogP contribution in [-0.2, 0) is 4.79 Å². The summed E-state index contributed by atoms with van der Waals surface area (Å²) in [6.07, 6.45) is 9.76. The van der Waals surface area contributed by atoms with E-state index in [1.807, 2.05) is 0 Å². The number of carbonyl (C=O) groups is 2. The molecule has 0 aliphatic heterocycles. The molecule has 2 N–H and O–H groups in total. The van der Waals surface area contributed by atoms with Crippen molar-refractivity contribution in [3.05, 3.63) is 23.8 Å². The lowest BCUT2D eigenvalue weighted by atomic mass is 9.80. The Kier molecular flexibility index (Phi) is 4.09. The first-order chi connectivity index (χ1) is 10.6. The Balaban J connectivity index is 1.73. The summed E-state index contributed by atoms with van der Waals surface area (Å²) in [6.45, 7) is 0. The van der Waals surface area contributed by atoms with E-state index < -0.39 is 5.54 Å². The van der Waals surface area contributed by atoms with E-state index in [2.05, 4.69) is 20.6 Å². The van der Waals surface area contributed by atoms with E-state index in [0.29, 0.717) is 24.3 Å². The third-order valence-corrected chi connectivity index (χ3v) is 4.60. The van der Waals surface area contributed by atoms with Crippen molar-refractivity contribution in [2.24, 2.45) is 0 Å². The molecule has 22 heavy (non-hydrogen) atoms. The molecule has 1 aromatic heterocycles. The van der Waals surface area contributed by atoms with E-state index in [1.54, 1.807) is 19.4 Å². The average molecular weight is 302 g/mol. The van der Waals surface area contributed by atoms with Gasteiger partial charge in [0.15, 0.2) is 0 Å². The van der Waals surface area contributed by atoms with Gasteiger partial charge in [-0.2, -0.15) is 0 Å². The van der Waals surface area contributed by atoms with Crippen LogP contribution in [0, 0.1) is 0 Å². The van der Waals surface area contributed by atoms with Crippen LogP contribution in [0.3, 0.4) is 0 Å². The highest BCUT2D eigenvalue weighted by Gasteiger charge is 2.40. The first kappa shape index (κ1) is 14.9. The maximum Gasteiger partial charge on any atom is 0.255 e. The minimum atomic E-state index is -0.792. The summed E-state index contributed by atoms with van der Waals surface area (Å²) in [7, 11) is 1.61. The first-order valence-corrected chi connectivity index (χ1v) is 8.01. The van der Waals surface area contributed by atoms with Crippen LogP contribution in [-0.4, -0.2) is 34.4 Å². The van der Waals surface area contributed by atoms with Crippen LogP contribution in [0.15, 0.2) is 12.4 Å². The van der Waals surface area contributed by atoms with Crippen molar-refractivity contribution in [3.63, 3.8) is 0 Å². The second-order valence-corrected chi connectivity index (χ2v) is 6.28. The van der Waals surface area contributed by atoms with E-state index in [0.717, 1.165) is 37.9 Å². The molecule has 2 aliphatic rings. The van der Waals surface area contributed by atoms with Crippen molar-refractivity contribution in [2.75, 3.05) is 7.05 Å². The normalized spacial score (nSPS) is 20.2. The van der Waals surface area contributed by atoms with Crippen molar-refractivity contribution >= 4 is 11.8 Å². The lowest BCUT2D eigenvalue weighted by Crippen LogP contribution is -2.59. The number of aromatic nitrogens is 2. The fraction of sp³-hybridized carbons (Fsp3) is 0.625. The summed E-state index contributed by atoms with van der Waals surface area (Å²) in [5.41, 5.74) is -0.377. The minimum Gasteiger partial charge on any atom is -0.357 e. The van der Waals surface area contributed by atoms with Crippen LogP contribution in [0.4, 0.5) is 0 Å². The summed E-state index contributed by atoms with van der Waals surface area (Å²) in [5.74, 6) is 0.895. The molecule has 6 heteroatoms. The van der Waals surface area contributed by atoms with E-state index in [4.69, 9.17) is 0 Å². The number of nitrogens with zero attached hydrogens (tertiary/aromatic N) is 2. The summed E-state index contributed by atoms with van der Waals surface area (Å²) in [5, 5.41) is 5.61. The van der Waals surface area contributed by atoms with E-state index in [-0.39, 0.29) is 11.8 Å². The topological polar surface area (TPSA) is 84.0 Å². The Morgan fingerprint density at radius 3 is 2.32 bits per heavy atom. The number of carbonyl (C=O) groups excluding carboxylic acids is 2. The first-order valence-electron chi connectivity index (χ1n) is 8.01. The van der Waals surface area contributed by atoms with Crippen LogP contribution < -0.4 is 10.6 Å². The SMILES string of the molecule is CNC(=O)C1(NC(=O)c2cnc(C3CC3)nc2)CCCCC1. The summed E-state index contributed by atoms with van der Waals surface area (Å²) in [6, 6.07) is 0. The monoisotopic (exact) mass is 302 g/mol. The zero-order valence-electron chi connectivity index (χ0n) is 12.9. The molecule has 3 rings (SSSR count). The molecule has 0 radical (unpaired) electrons. The Bertz CT molecular complexity index is 560. The average Bonchev–Trinajstić information content (AvgIpc) is 3.40. The van der Waals surface area contributed by atoms with Gasteiger partial charge < -0.3 is 10.6 Å². The number of amides is 2. The Hall–Kier alpha value is -1.98. The number of rotatable bonds is 4. The minimum absolute atomic E-state index is 0.115. The molecule has 6 nitrogen and oxygen atoms in total. The zero-order chi connectivity index (χ0) is 15.6. The lowest BCUT2D eigenvalue weighted by Gasteiger charge is -2.36. The van der Waals surface area contributed by atoms with Gasteiger partial charge in [-0.1, -0.05) is 19.3 Å². The molecule has 118 valence electrons. The van der Waals surface area contributed by atoms with Crippen molar-refractivity contribution in [1.29, 1.82) is 0 Å². The van der Waals surface area contributed by atoms with Crippen LogP contribution in [0.1, 0.15) is 67.0 Å². The van der Waals surface area contributed by atoms with Gasteiger partial charge in [-0.15, -0.1) is 0 Å². The highest BCUT2D eigenvalue weighted by atomic mass is 16.2. The van der Waals surface area contributed by atoms with E-state index in [1.165, 1.54) is 0 Å². The van der Waals surface area contributed by atoms with Gasteiger partial charge in [-0.05, 0) is 25.7 Å². The smallest absolute Gasteiger partial charge is 0.255 e. The maximum absolute atomic E-state index is 12.5. The van der Waals surface area contributed by atoms with Crippen LogP contribution in [0.5, 0.6) is 0 Å². The van der Waals surface area contributed by atoms with Gasteiger partial charge in [0.25, 0.3) is 5.91 Å². The fourth-order valence-corrected chi connectivity index (χ4v) is 3.10. The molecule has 2 aliphatic carbocycles. The van der Waals surface area contributed by atoms with Crippen molar-refractivity contribution in [2.45, 2.75) is 56.4 Å². The molecule has 0 atom stereocenters. The van der Waals surface area contributed by atoms with Crippen molar-refractivity contribution in [3.8, 4) is 0 Å². The molecule has 0 unspecified atom stereocenters. The summed E-state index contributed by atoms with van der Waals surface area (Å²) in [4.78, 5) is 33.3. The summed E-state index contributed by atoms with van der Waals surface area (Å²) >= 11 is 0. The molecule has 0 saturated heterocycles. The summed E-state index contributed by atoms with van der Waals surface area (Å²) < 4.78 is 0. The van der Waals surface area contributed by atoms with Gasteiger partial charge in [-0.3, -0.25) is 9.59 Å². The quantitative estimate of drug-likeness (QED) is 0.883. The van der Waals surface area contributed by atoms with Gasteiger partial charge >= 0.3 is 0 Å². The molecule has 1 aromatic rings. The highest BCUT2D eigenvalue weighted by molar-refractivity contribution is 5.98. The highest BCUT2D eigenvalue weighted by Crippen LogP contribution is 2.37. The Labute approximate surface area is 130 Å². The lowest BCUT2D eigenvalue weighted by molar-refractivity contribution is -0.128. The van der Waals surface area contributed by atoms with Gasteiger partial charge in [0.2, 0.25) is 5.91 Å². The number of likely N-dealkylation sites (N-methyl/N-ethyl adjacent to an activating group) is 1. The standard InChI is InChI=1S/C16H22N4O2/c1-17-15(22)16(7-3-2-4-8-16)20-14(21)12-9-18-13(19-10-12)11-5-6-11/h9-11H,2-8H2,1H3,(H,17,22)(H,20,21). The fourth-order valence-electron chi connectivity index (χ4n) is 3.10. The predicted molar refractivity (Wildman–Crippen MR) is 81.4 cm³/mol. The molecule has 2 fully saturated rings. The molecular formula is C16H22N4O2. The molecule has 2 saturated carbocycles. The molecule has 1 heterocycles. The van der Waals surface area contributed by atoms with E-state index >= 15 is 0 Å². The largest absolute Gasteiger partial charge is 0.357 e. The third kappa shape index (κ3) is 2.96. The maximum atomic E-state index is 12.5. The molecule has 2 amide bonds. The van der Waals surface area contributed by atoms with Crippen LogP contribution >= 0.6 is 0 Å². The number of nitrogens with one attached hydrogen (secondary N) is 2. The second-order valence-electron chi connectivity index (χ2n) is 6.28. The third-order valence-electron chi connectivity index (χ3n) is 4.60. The number of hydrogen-bond acceptors (Lipinski definition) is 4. The van der Waals surface area contributed by atoms with Crippen molar-refractivity contribution < 1.29 is 9.59 Å². The number of hydrogen-bond donors (Lipinski definition) is 2. The van der Waals surface area contributed by atoms with Gasteiger partial charge in [-0.25, -0.2) is 9.97 Å². The molecular weight excluding hydrogens is 280 g/mol. The van der Waals surface area contributed by atoms with Gasteiger partial charge in [0, 0.05) is 25.4 Å². The second kappa shape index (κ2) is 6.02. The molecule has 0 spiro atoms. The Morgan fingerprint density at radius 1 is 1.14 bits per heavy atom. The predicted octanol–water partition coefficient (Wildman–Crippen LogP) is 1.53. The van der Waals surface area contributed by atoms with Crippen molar-refractivity contribution in [1.82, 2.24) is 20.6 Å². The van der Waals surface area contributed by atoms with E-state index in [9.17, 15) is 9.59 Å².